The van der Waals surface area contributed by atoms with Gasteiger partial charge in [0.05, 0.1) is 6.54 Å². The topological polar surface area (TPSA) is 59.9 Å². The summed E-state index contributed by atoms with van der Waals surface area (Å²) in [5.74, 6) is 1.97. The molecule has 1 atom stereocenters. The molecule has 0 radical (unpaired) electrons. The van der Waals surface area contributed by atoms with Crippen LogP contribution in [0, 0.1) is 11.8 Å². The Kier molecular flexibility index (Phi) is 8.92. The van der Waals surface area contributed by atoms with Gasteiger partial charge < -0.3 is 20.6 Å². The van der Waals surface area contributed by atoms with Crippen LogP contribution in [-0.4, -0.2) is 44.4 Å². The first-order chi connectivity index (χ1) is 13.0. The normalized spacial score (nSPS) is 15.6. The average molecular weight is 375 g/mol. The Labute approximate surface area is 165 Å². The third kappa shape index (κ3) is 7.06. The molecule has 0 amide bonds. The van der Waals surface area contributed by atoms with Crippen molar-refractivity contribution in [1.82, 2.24) is 10.6 Å². The van der Waals surface area contributed by atoms with Crippen molar-refractivity contribution in [2.75, 3.05) is 38.2 Å². The first kappa shape index (κ1) is 21.5. The molecule has 0 saturated carbocycles. The Balaban J connectivity index is 1.98. The molecule has 1 heterocycles. The summed E-state index contributed by atoms with van der Waals surface area (Å²) in [7, 11) is 2.17. The first-order valence-electron chi connectivity index (χ1n) is 10.5. The fraction of sp³-hybridized carbons (Fsp3) is 0.682. The number of aryl methyl sites for hydroxylation is 1. The number of aliphatic hydroxyl groups excluding tert-OH is 1. The van der Waals surface area contributed by atoms with Crippen molar-refractivity contribution < 1.29 is 5.11 Å². The van der Waals surface area contributed by atoms with Crippen LogP contribution in [0.4, 0.5) is 5.69 Å². The van der Waals surface area contributed by atoms with Gasteiger partial charge in [0.15, 0.2) is 5.96 Å². The second-order valence-corrected chi connectivity index (χ2v) is 8.07. The SMILES string of the molecule is CCNC(=NCc1ccc2c(c1)CCCN2C)NCC(CCO)CC(C)C. The minimum atomic E-state index is 0.246. The molecule has 5 heteroatoms. The van der Waals surface area contributed by atoms with Gasteiger partial charge in [0, 0.05) is 39.0 Å². The van der Waals surface area contributed by atoms with Crippen molar-refractivity contribution in [2.24, 2.45) is 16.8 Å². The van der Waals surface area contributed by atoms with Gasteiger partial charge in [-0.1, -0.05) is 26.0 Å². The third-order valence-corrected chi connectivity index (χ3v) is 5.16. The molecule has 0 aromatic heterocycles. The molecule has 1 aliphatic heterocycles. The van der Waals surface area contributed by atoms with Gasteiger partial charge in [-0.05, 0) is 61.6 Å². The number of hydrogen-bond donors (Lipinski definition) is 3. The fourth-order valence-corrected chi connectivity index (χ4v) is 3.84. The molecule has 27 heavy (non-hydrogen) atoms. The Hall–Kier alpha value is -1.75. The van der Waals surface area contributed by atoms with Gasteiger partial charge in [0.1, 0.15) is 0 Å². The van der Waals surface area contributed by atoms with E-state index in [1.54, 1.807) is 0 Å². The molecule has 152 valence electrons. The van der Waals surface area contributed by atoms with Crippen LogP contribution in [-0.2, 0) is 13.0 Å². The van der Waals surface area contributed by atoms with Crippen LogP contribution in [0.5, 0.6) is 0 Å². The zero-order chi connectivity index (χ0) is 19.6. The lowest BCUT2D eigenvalue weighted by atomic mass is 9.94. The summed E-state index contributed by atoms with van der Waals surface area (Å²) in [6, 6.07) is 6.74. The minimum Gasteiger partial charge on any atom is -0.396 e. The monoisotopic (exact) mass is 374 g/mol. The van der Waals surface area contributed by atoms with Crippen LogP contribution in [0.2, 0.25) is 0 Å². The lowest BCUT2D eigenvalue weighted by Gasteiger charge is -2.27. The number of hydrogen-bond acceptors (Lipinski definition) is 3. The van der Waals surface area contributed by atoms with Crippen LogP contribution in [0.1, 0.15) is 51.2 Å². The molecule has 1 unspecified atom stereocenters. The van der Waals surface area contributed by atoms with E-state index < -0.39 is 0 Å². The zero-order valence-corrected chi connectivity index (χ0v) is 17.6. The summed E-state index contributed by atoms with van der Waals surface area (Å²) < 4.78 is 0. The largest absolute Gasteiger partial charge is 0.396 e. The molecular weight excluding hydrogens is 336 g/mol. The summed E-state index contributed by atoms with van der Waals surface area (Å²) >= 11 is 0. The van der Waals surface area contributed by atoms with Crippen LogP contribution < -0.4 is 15.5 Å². The number of benzene rings is 1. The van der Waals surface area contributed by atoms with E-state index in [0.29, 0.717) is 18.4 Å². The summed E-state index contributed by atoms with van der Waals surface area (Å²) in [6.07, 6.45) is 4.34. The molecular formula is C22H38N4O. The molecule has 3 N–H and O–H groups in total. The average Bonchev–Trinajstić information content (AvgIpc) is 2.63. The summed E-state index contributed by atoms with van der Waals surface area (Å²) in [5.41, 5.74) is 4.06. The number of nitrogens with one attached hydrogen (secondary N) is 2. The standard InChI is InChI=1S/C22H38N4O/c1-5-23-22(25-16-19(10-12-27)13-17(2)3)24-15-18-8-9-21-20(14-18)7-6-11-26(21)4/h8-9,14,17,19,27H,5-7,10-13,15-16H2,1-4H3,(H2,23,24,25). The Morgan fingerprint density at radius 2 is 2.11 bits per heavy atom. The number of rotatable bonds is 9. The van der Waals surface area contributed by atoms with Crippen molar-refractivity contribution >= 4 is 11.6 Å². The Morgan fingerprint density at radius 3 is 2.81 bits per heavy atom. The molecule has 1 aromatic rings. The van der Waals surface area contributed by atoms with Crippen molar-refractivity contribution in [3.63, 3.8) is 0 Å². The second kappa shape index (κ2) is 11.2. The lowest BCUT2D eigenvalue weighted by molar-refractivity contribution is 0.243. The highest BCUT2D eigenvalue weighted by Gasteiger charge is 2.14. The highest BCUT2D eigenvalue weighted by Crippen LogP contribution is 2.27. The van der Waals surface area contributed by atoms with E-state index in [1.165, 1.54) is 23.2 Å². The highest BCUT2D eigenvalue weighted by molar-refractivity contribution is 5.79. The maximum Gasteiger partial charge on any atom is 0.191 e. The first-order valence-corrected chi connectivity index (χ1v) is 10.5. The lowest BCUT2D eigenvalue weighted by Crippen LogP contribution is -2.40. The molecule has 0 fully saturated rings. The van der Waals surface area contributed by atoms with E-state index in [1.807, 2.05) is 0 Å². The van der Waals surface area contributed by atoms with E-state index in [9.17, 15) is 5.11 Å². The molecule has 0 saturated heterocycles. The smallest absolute Gasteiger partial charge is 0.191 e. The van der Waals surface area contributed by atoms with Gasteiger partial charge in [-0.2, -0.15) is 0 Å². The predicted molar refractivity (Wildman–Crippen MR) is 115 cm³/mol. The number of nitrogens with zero attached hydrogens (tertiary/aromatic N) is 2. The highest BCUT2D eigenvalue weighted by atomic mass is 16.3. The number of aliphatic imine (C=N–C) groups is 1. The minimum absolute atomic E-state index is 0.246. The summed E-state index contributed by atoms with van der Waals surface area (Å²) in [4.78, 5) is 7.12. The van der Waals surface area contributed by atoms with Crippen LogP contribution in [0.3, 0.4) is 0 Å². The molecule has 1 aliphatic rings. The number of anilines is 1. The maximum absolute atomic E-state index is 9.31. The quantitative estimate of drug-likeness (QED) is 0.459. The molecule has 2 rings (SSSR count). The maximum atomic E-state index is 9.31. The second-order valence-electron chi connectivity index (χ2n) is 8.07. The number of guanidine groups is 1. The molecule has 1 aromatic carbocycles. The van der Waals surface area contributed by atoms with Crippen molar-refractivity contribution in [1.29, 1.82) is 0 Å². The third-order valence-electron chi connectivity index (χ3n) is 5.16. The number of fused-ring (bicyclic) bond motifs is 1. The van der Waals surface area contributed by atoms with Gasteiger partial charge >= 0.3 is 0 Å². The van der Waals surface area contributed by atoms with Gasteiger partial charge in [0.2, 0.25) is 0 Å². The van der Waals surface area contributed by atoms with Crippen molar-refractivity contribution in [3.8, 4) is 0 Å². The van der Waals surface area contributed by atoms with E-state index in [2.05, 4.69) is 61.6 Å². The predicted octanol–water partition coefficient (Wildman–Crippen LogP) is 3.17. The summed E-state index contributed by atoms with van der Waals surface area (Å²) in [6.45, 7) is 10.3. The molecule has 0 aliphatic carbocycles. The van der Waals surface area contributed by atoms with Gasteiger partial charge in [-0.3, -0.25) is 0 Å². The fourth-order valence-electron chi connectivity index (χ4n) is 3.84. The Morgan fingerprint density at radius 1 is 1.30 bits per heavy atom. The molecule has 0 spiro atoms. The Bertz CT molecular complexity index is 600. The van der Waals surface area contributed by atoms with E-state index in [0.717, 1.165) is 44.9 Å². The van der Waals surface area contributed by atoms with E-state index in [-0.39, 0.29) is 6.61 Å². The van der Waals surface area contributed by atoms with E-state index in [4.69, 9.17) is 4.99 Å². The summed E-state index contributed by atoms with van der Waals surface area (Å²) in [5, 5.41) is 16.1. The number of aliphatic hydroxyl groups is 1. The van der Waals surface area contributed by atoms with Crippen LogP contribution >= 0.6 is 0 Å². The van der Waals surface area contributed by atoms with Gasteiger partial charge in [0.25, 0.3) is 0 Å². The zero-order valence-electron chi connectivity index (χ0n) is 17.6. The van der Waals surface area contributed by atoms with Gasteiger partial charge in [-0.25, -0.2) is 4.99 Å². The van der Waals surface area contributed by atoms with Crippen LogP contribution in [0.25, 0.3) is 0 Å². The van der Waals surface area contributed by atoms with Crippen molar-refractivity contribution in [2.45, 2.75) is 53.0 Å². The molecule has 5 nitrogen and oxygen atoms in total. The van der Waals surface area contributed by atoms with Gasteiger partial charge in [-0.15, -0.1) is 0 Å². The van der Waals surface area contributed by atoms with Crippen LogP contribution in [0.15, 0.2) is 23.2 Å². The molecule has 0 bridgehead atoms. The van der Waals surface area contributed by atoms with E-state index >= 15 is 0 Å². The van der Waals surface area contributed by atoms with Crippen molar-refractivity contribution in [3.05, 3.63) is 29.3 Å².